The third kappa shape index (κ3) is 7.99. The molecule has 0 bridgehead atoms. The Labute approximate surface area is 64.5 Å². The molecule has 1 radical (unpaired) electrons. The largest absolute Gasteiger partial charge is 0.354 e. The van der Waals surface area contributed by atoms with Gasteiger partial charge in [-0.1, -0.05) is 45.4 Å². The van der Waals surface area contributed by atoms with Crippen molar-refractivity contribution in [2.24, 2.45) is 0 Å². The minimum atomic E-state index is 0.645. The maximum absolute atomic E-state index is 11.4. The number of rotatable bonds is 7. The molecule has 0 heterocycles. The highest BCUT2D eigenvalue weighted by atomic mass is 19.1. The van der Waals surface area contributed by atoms with Crippen LogP contribution in [0.3, 0.4) is 0 Å². The minimum Gasteiger partial charge on any atom is -0.343 e. The Balaban J connectivity index is 2.65. The molecule has 0 aliphatic carbocycles. The van der Waals surface area contributed by atoms with E-state index in [1.54, 1.807) is 0 Å². The molecule has 0 N–H and O–H groups in total. The Hall–Kier alpha value is -0.00506. The molecule has 0 aromatic carbocycles. The van der Waals surface area contributed by atoms with Crippen LogP contribution in [-0.4, -0.2) is 7.56 Å². The Kier molecular flexibility index (Phi) is 8.99. The van der Waals surface area contributed by atoms with E-state index in [-0.39, 0.29) is 0 Å². The van der Waals surface area contributed by atoms with E-state index >= 15 is 0 Å². The zero-order valence-electron chi connectivity index (χ0n) is 6.91. The van der Waals surface area contributed by atoms with Crippen molar-refractivity contribution in [1.29, 1.82) is 0 Å². The van der Waals surface area contributed by atoms with Crippen molar-refractivity contribution in [3.8, 4) is 0 Å². The summed E-state index contributed by atoms with van der Waals surface area (Å²) < 4.78 is 11.4. The fraction of sp³-hybridized carbons (Fsp3) is 1.00. The standard InChI is InChI=1S/C8H17BF/c1-2-3-4-5-6-7-8-9-10/h2-8H2,1H3. The predicted octanol–water partition coefficient (Wildman–Crippen LogP) is 3.35. The van der Waals surface area contributed by atoms with Gasteiger partial charge in [-0.25, -0.2) is 0 Å². The van der Waals surface area contributed by atoms with Crippen LogP contribution in [0.1, 0.15) is 45.4 Å². The van der Waals surface area contributed by atoms with Gasteiger partial charge in [-0.05, 0) is 6.32 Å². The summed E-state index contributed by atoms with van der Waals surface area (Å²) in [6.45, 7) is 2.20. The predicted molar refractivity (Wildman–Crippen MR) is 45.0 cm³/mol. The Morgan fingerprint density at radius 3 is 2.20 bits per heavy atom. The average molecular weight is 143 g/mol. The molecule has 59 valence electrons. The molecule has 0 amide bonds. The van der Waals surface area contributed by atoms with Gasteiger partial charge in [0.15, 0.2) is 0 Å². The highest BCUT2D eigenvalue weighted by Crippen LogP contribution is 2.06. The topological polar surface area (TPSA) is 0 Å². The van der Waals surface area contributed by atoms with Crippen LogP contribution in [0.25, 0.3) is 0 Å². The van der Waals surface area contributed by atoms with Crippen LogP contribution in [0.2, 0.25) is 6.32 Å². The summed E-state index contributed by atoms with van der Waals surface area (Å²) in [5, 5.41) is 0. The zero-order chi connectivity index (χ0) is 7.66. The van der Waals surface area contributed by atoms with Crippen LogP contribution in [0.15, 0.2) is 0 Å². The van der Waals surface area contributed by atoms with Crippen molar-refractivity contribution >= 4 is 7.56 Å². The lowest BCUT2D eigenvalue weighted by Crippen LogP contribution is -1.81. The summed E-state index contributed by atoms with van der Waals surface area (Å²) in [4.78, 5) is 0. The Bertz CT molecular complexity index is 49.2. The monoisotopic (exact) mass is 143 g/mol. The van der Waals surface area contributed by atoms with E-state index in [0.29, 0.717) is 6.32 Å². The first-order chi connectivity index (χ1) is 4.91. The summed E-state index contributed by atoms with van der Waals surface area (Å²) >= 11 is 0. The second-order valence-corrected chi connectivity index (χ2v) is 2.71. The molecular weight excluding hydrogens is 126 g/mol. The van der Waals surface area contributed by atoms with E-state index in [0.717, 1.165) is 14.0 Å². The minimum absolute atomic E-state index is 0.645. The maximum atomic E-state index is 11.4. The third-order valence-electron chi connectivity index (χ3n) is 1.67. The molecule has 0 atom stereocenters. The highest BCUT2D eigenvalue weighted by Gasteiger charge is 1.90. The fourth-order valence-electron chi connectivity index (χ4n) is 1.00. The van der Waals surface area contributed by atoms with E-state index in [4.69, 9.17) is 0 Å². The van der Waals surface area contributed by atoms with E-state index in [2.05, 4.69) is 6.92 Å². The van der Waals surface area contributed by atoms with E-state index in [1.807, 2.05) is 0 Å². The van der Waals surface area contributed by atoms with Gasteiger partial charge in [-0.2, -0.15) is 0 Å². The molecule has 0 aliphatic rings. The second-order valence-electron chi connectivity index (χ2n) is 2.71. The van der Waals surface area contributed by atoms with E-state index in [9.17, 15) is 4.32 Å². The van der Waals surface area contributed by atoms with Gasteiger partial charge >= 0.3 is 7.56 Å². The van der Waals surface area contributed by atoms with Crippen molar-refractivity contribution in [3.63, 3.8) is 0 Å². The molecule has 0 aliphatic heterocycles. The first kappa shape index (κ1) is 9.99. The Morgan fingerprint density at radius 1 is 1.00 bits per heavy atom. The highest BCUT2D eigenvalue weighted by molar-refractivity contribution is 6.25. The van der Waals surface area contributed by atoms with Gasteiger partial charge in [0.05, 0.1) is 0 Å². The van der Waals surface area contributed by atoms with Gasteiger partial charge in [-0.15, -0.1) is 0 Å². The van der Waals surface area contributed by atoms with Crippen molar-refractivity contribution < 1.29 is 4.32 Å². The summed E-state index contributed by atoms with van der Waals surface area (Å²) in [7, 11) is 0.764. The number of hydrogen-bond donors (Lipinski definition) is 0. The summed E-state index contributed by atoms with van der Waals surface area (Å²) in [5.41, 5.74) is 0. The second kappa shape index (κ2) is 8.99. The fourth-order valence-corrected chi connectivity index (χ4v) is 1.00. The molecule has 2 heteroatoms. The smallest absolute Gasteiger partial charge is 0.343 e. The molecule has 0 fully saturated rings. The van der Waals surface area contributed by atoms with Crippen molar-refractivity contribution in [1.82, 2.24) is 0 Å². The first-order valence-corrected chi connectivity index (χ1v) is 4.33. The summed E-state index contributed by atoms with van der Waals surface area (Å²) in [6.07, 6.45) is 8.09. The molecule has 0 aromatic heterocycles. The van der Waals surface area contributed by atoms with Crippen LogP contribution < -0.4 is 0 Å². The van der Waals surface area contributed by atoms with Crippen molar-refractivity contribution in [3.05, 3.63) is 0 Å². The lowest BCUT2D eigenvalue weighted by Gasteiger charge is -1.96. The molecule has 10 heavy (non-hydrogen) atoms. The molecule has 0 spiro atoms. The van der Waals surface area contributed by atoms with Gasteiger partial charge in [0, 0.05) is 0 Å². The van der Waals surface area contributed by atoms with Crippen molar-refractivity contribution in [2.45, 2.75) is 51.8 Å². The number of halogens is 1. The Morgan fingerprint density at radius 2 is 1.60 bits per heavy atom. The molecule has 0 saturated heterocycles. The van der Waals surface area contributed by atoms with Gasteiger partial charge in [0.2, 0.25) is 0 Å². The quantitative estimate of drug-likeness (QED) is 0.378. The number of hydrogen-bond acceptors (Lipinski definition) is 0. The first-order valence-electron chi connectivity index (χ1n) is 4.33. The normalized spacial score (nSPS) is 9.80. The number of unbranched alkanes of at least 4 members (excludes halogenated alkanes) is 5. The average Bonchev–Trinajstić information content (AvgIpc) is 1.97. The maximum Gasteiger partial charge on any atom is 0.354 e. The molecule has 0 rings (SSSR count). The lowest BCUT2D eigenvalue weighted by atomic mass is 9.94. The lowest BCUT2D eigenvalue weighted by molar-refractivity contribution is 0.621. The van der Waals surface area contributed by atoms with E-state index < -0.39 is 0 Å². The molecule has 0 saturated carbocycles. The molecule has 0 unspecified atom stereocenters. The SMILES string of the molecule is CCCCCCCC[B]F. The summed E-state index contributed by atoms with van der Waals surface area (Å²) in [6, 6.07) is 0. The van der Waals surface area contributed by atoms with E-state index in [1.165, 1.54) is 32.1 Å². The van der Waals surface area contributed by atoms with Crippen LogP contribution in [0, 0.1) is 0 Å². The summed E-state index contributed by atoms with van der Waals surface area (Å²) in [5.74, 6) is 0. The van der Waals surface area contributed by atoms with Crippen LogP contribution in [0.4, 0.5) is 4.32 Å². The molecular formula is C8H17BF. The molecule has 0 aromatic rings. The van der Waals surface area contributed by atoms with Crippen LogP contribution in [-0.2, 0) is 0 Å². The van der Waals surface area contributed by atoms with Gasteiger partial charge < -0.3 is 4.32 Å². The molecule has 0 nitrogen and oxygen atoms in total. The zero-order valence-corrected chi connectivity index (χ0v) is 6.91. The van der Waals surface area contributed by atoms with Gasteiger partial charge in [0.25, 0.3) is 0 Å². The van der Waals surface area contributed by atoms with Gasteiger partial charge in [0.1, 0.15) is 0 Å². The third-order valence-corrected chi connectivity index (χ3v) is 1.67. The van der Waals surface area contributed by atoms with Crippen LogP contribution >= 0.6 is 0 Å². The van der Waals surface area contributed by atoms with Crippen LogP contribution in [0.5, 0.6) is 0 Å². The van der Waals surface area contributed by atoms with Crippen molar-refractivity contribution in [2.75, 3.05) is 0 Å². The van der Waals surface area contributed by atoms with Gasteiger partial charge in [-0.3, -0.25) is 0 Å².